The van der Waals surface area contributed by atoms with Gasteiger partial charge in [0.2, 0.25) is 0 Å². The molecule has 1 aromatic carbocycles. The Bertz CT molecular complexity index is 559. The lowest BCUT2D eigenvalue weighted by molar-refractivity contribution is -0.134. The standard InChI is InChI=1S/C16H15NO2/c1-19-16(18)9-8-13-4-6-14(7-5-13)11-15-3-2-10-17-12-15/h2-10,12H,11H2,1H3/b9-8+. The van der Waals surface area contributed by atoms with Crippen LogP contribution in [0.5, 0.6) is 0 Å². The van der Waals surface area contributed by atoms with Crippen molar-refractivity contribution in [1.82, 2.24) is 4.98 Å². The van der Waals surface area contributed by atoms with Gasteiger partial charge in [0.25, 0.3) is 0 Å². The molecule has 96 valence electrons. The fourth-order valence-corrected chi connectivity index (χ4v) is 1.72. The highest BCUT2D eigenvalue weighted by atomic mass is 16.5. The van der Waals surface area contributed by atoms with Gasteiger partial charge in [0, 0.05) is 18.5 Å². The van der Waals surface area contributed by atoms with Crippen molar-refractivity contribution in [2.75, 3.05) is 7.11 Å². The highest BCUT2D eigenvalue weighted by molar-refractivity contribution is 5.86. The number of aromatic nitrogens is 1. The van der Waals surface area contributed by atoms with Crippen molar-refractivity contribution in [2.45, 2.75) is 6.42 Å². The van der Waals surface area contributed by atoms with E-state index in [9.17, 15) is 4.79 Å². The molecular formula is C16H15NO2. The number of methoxy groups -OCH3 is 1. The summed E-state index contributed by atoms with van der Waals surface area (Å²) in [6, 6.07) is 12.0. The molecule has 0 N–H and O–H groups in total. The predicted molar refractivity (Wildman–Crippen MR) is 74.5 cm³/mol. The molecule has 0 radical (unpaired) electrons. The van der Waals surface area contributed by atoms with Crippen LogP contribution in [0.4, 0.5) is 0 Å². The highest BCUT2D eigenvalue weighted by Crippen LogP contribution is 2.11. The summed E-state index contributed by atoms with van der Waals surface area (Å²) < 4.78 is 4.54. The summed E-state index contributed by atoms with van der Waals surface area (Å²) in [7, 11) is 1.36. The minimum absolute atomic E-state index is 0.348. The third-order valence-electron chi connectivity index (χ3n) is 2.72. The zero-order chi connectivity index (χ0) is 13.5. The zero-order valence-corrected chi connectivity index (χ0v) is 10.7. The Morgan fingerprint density at radius 2 is 2.00 bits per heavy atom. The van der Waals surface area contributed by atoms with Gasteiger partial charge in [-0.2, -0.15) is 0 Å². The van der Waals surface area contributed by atoms with Gasteiger partial charge in [-0.3, -0.25) is 4.98 Å². The average Bonchev–Trinajstić information content (AvgIpc) is 2.47. The van der Waals surface area contributed by atoms with Gasteiger partial charge in [-0.1, -0.05) is 30.3 Å². The molecule has 0 atom stereocenters. The molecule has 3 nitrogen and oxygen atoms in total. The molecule has 1 heterocycles. The van der Waals surface area contributed by atoms with Gasteiger partial charge in [-0.05, 0) is 35.3 Å². The maximum absolute atomic E-state index is 11.0. The molecule has 1 aromatic heterocycles. The van der Waals surface area contributed by atoms with Crippen LogP contribution in [-0.2, 0) is 16.0 Å². The fraction of sp³-hybridized carbons (Fsp3) is 0.125. The lowest BCUT2D eigenvalue weighted by Gasteiger charge is -2.02. The third kappa shape index (κ3) is 4.07. The van der Waals surface area contributed by atoms with Crippen molar-refractivity contribution >= 4 is 12.0 Å². The van der Waals surface area contributed by atoms with E-state index in [1.54, 1.807) is 12.3 Å². The number of esters is 1. The molecule has 0 aliphatic heterocycles. The number of rotatable bonds is 4. The summed E-state index contributed by atoms with van der Waals surface area (Å²) >= 11 is 0. The smallest absolute Gasteiger partial charge is 0.330 e. The molecule has 0 spiro atoms. The van der Waals surface area contributed by atoms with Gasteiger partial charge in [0.1, 0.15) is 0 Å². The topological polar surface area (TPSA) is 39.2 Å². The number of pyridine rings is 1. The van der Waals surface area contributed by atoms with E-state index >= 15 is 0 Å². The lowest BCUT2D eigenvalue weighted by Crippen LogP contribution is -1.93. The maximum atomic E-state index is 11.0. The van der Waals surface area contributed by atoms with E-state index in [1.807, 2.05) is 36.5 Å². The lowest BCUT2D eigenvalue weighted by atomic mass is 10.0. The van der Waals surface area contributed by atoms with E-state index in [0.29, 0.717) is 0 Å². The Morgan fingerprint density at radius 1 is 1.21 bits per heavy atom. The van der Waals surface area contributed by atoms with Crippen LogP contribution in [0.25, 0.3) is 6.08 Å². The summed E-state index contributed by atoms with van der Waals surface area (Å²) in [5.41, 5.74) is 3.36. The van der Waals surface area contributed by atoms with E-state index < -0.39 is 0 Å². The van der Waals surface area contributed by atoms with Crippen molar-refractivity contribution in [3.8, 4) is 0 Å². The molecule has 0 amide bonds. The molecule has 3 heteroatoms. The summed E-state index contributed by atoms with van der Waals surface area (Å²) in [5.74, 6) is -0.348. The van der Waals surface area contributed by atoms with Crippen molar-refractivity contribution in [3.63, 3.8) is 0 Å². The first kappa shape index (κ1) is 13.0. The van der Waals surface area contributed by atoms with Crippen LogP contribution in [0.15, 0.2) is 54.9 Å². The quantitative estimate of drug-likeness (QED) is 0.621. The number of hydrogen-bond donors (Lipinski definition) is 0. The Morgan fingerprint density at radius 3 is 2.63 bits per heavy atom. The van der Waals surface area contributed by atoms with E-state index in [4.69, 9.17) is 0 Å². The van der Waals surface area contributed by atoms with Gasteiger partial charge >= 0.3 is 5.97 Å². The minimum atomic E-state index is -0.348. The number of nitrogens with zero attached hydrogens (tertiary/aromatic N) is 1. The zero-order valence-electron chi connectivity index (χ0n) is 10.7. The van der Waals surface area contributed by atoms with Gasteiger partial charge in [-0.15, -0.1) is 0 Å². The van der Waals surface area contributed by atoms with Gasteiger partial charge in [-0.25, -0.2) is 4.79 Å². The Kier molecular flexibility index (Phi) is 4.45. The van der Waals surface area contributed by atoms with Crippen LogP contribution in [-0.4, -0.2) is 18.1 Å². The van der Waals surface area contributed by atoms with Gasteiger partial charge in [0.15, 0.2) is 0 Å². The van der Waals surface area contributed by atoms with Gasteiger partial charge < -0.3 is 4.74 Å². The first-order valence-corrected chi connectivity index (χ1v) is 6.02. The summed E-state index contributed by atoms with van der Waals surface area (Å²) in [5, 5.41) is 0. The summed E-state index contributed by atoms with van der Waals surface area (Å²) in [6.07, 6.45) is 7.64. The molecule has 0 aliphatic rings. The van der Waals surface area contributed by atoms with Crippen molar-refractivity contribution in [2.24, 2.45) is 0 Å². The minimum Gasteiger partial charge on any atom is -0.466 e. The molecular weight excluding hydrogens is 238 g/mol. The molecule has 0 bridgehead atoms. The van der Waals surface area contributed by atoms with Crippen molar-refractivity contribution < 1.29 is 9.53 Å². The SMILES string of the molecule is COC(=O)/C=C/c1ccc(Cc2cccnc2)cc1. The van der Waals surface area contributed by atoms with Crippen LogP contribution in [0, 0.1) is 0 Å². The molecule has 0 unspecified atom stereocenters. The van der Waals surface area contributed by atoms with E-state index in [-0.39, 0.29) is 5.97 Å². The summed E-state index contributed by atoms with van der Waals surface area (Å²) in [4.78, 5) is 15.1. The Hall–Kier alpha value is -2.42. The number of benzene rings is 1. The van der Waals surface area contributed by atoms with Crippen molar-refractivity contribution in [3.05, 3.63) is 71.6 Å². The number of hydrogen-bond acceptors (Lipinski definition) is 3. The second-order valence-corrected chi connectivity index (χ2v) is 4.14. The molecule has 19 heavy (non-hydrogen) atoms. The fourth-order valence-electron chi connectivity index (χ4n) is 1.72. The normalized spacial score (nSPS) is 10.6. The first-order valence-electron chi connectivity index (χ1n) is 6.02. The third-order valence-corrected chi connectivity index (χ3v) is 2.72. The monoisotopic (exact) mass is 253 g/mol. The van der Waals surface area contributed by atoms with Crippen LogP contribution < -0.4 is 0 Å². The van der Waals surface area contributed by atoms with Crippen LogP contribution in [0.1, 0.15) is 16.7 Å². The first-order chi connectivity index (χ1) is 9.28. The second kappa shape index (κ2) is 6.50. The van der Waals surface area contributed by atoms with E-state index in [0.717, 1.165) is 12.0 Å². The molecule has 2 aromatic rings. The summed E-state index contributed by atoms with van der Waals surface area (Å²) in [6.45, 7) is 0. The molecule has 0 saturated heterocycles. The maximum Gasteiger partial charge on any atom is 0.330 e. The highest BCUT2D eigenvalue weighted by Gasteiger charge is 1.97. The number of carbonyl (C=O) groups is 1. The van der Waals surface area contributed by atoms with E-state index in [2.05, 4.69) is 15.8 Å². The average molecular weight is 253 g/mol. The molecule has 2 rings (SSSR count). The molecule has 0 saturated carbocycles. The number of carbonyl (C=O) groups excluding carboxylic acids is 1. The van der Waals surface area contributed by atoms with Crippen LogP contribution >= 0.6 is 0 Å². The van der Waals surface area contributed by atoms with Crippen LogP contribution in [0.2, 0.25) is 0 Å². The second-order valence-electron chi connectivity index (χ2n) is 4.14. The van der Waals surface area contributed by atoms with Crippen molar-refractivity contribution in [1.29, 1.82) is 0 Å². The Labute approximate surface area is 112 Å². The van der Waals surface area contributed by atoms with Crippen LogP contribution in [0.3, 0.4) is 0 Å². The van der Waals surface area contributed by atoms with E-state index in [1.165, 1.54) is 24.3 Å². The molecule has 0 fully saturated rings. The molecule has 0 aliphatic carbocycles. The predicted octanol–water partition coefficient (Wildman–Crippen LogP) is 2.86. The van der Waals surface area contributed by atoms with Gasteiger partial charge in [0.05, 0.1) is 7.11 Å². The number of ether oxygens (including phenoxy) is 1. The Balaban J connectivity index is 2.03. The largest absolute Gasteiger partial charge is 0.466 e.